The number of ether oxygens (including phenoxy) is 4. The highest BCUT2D eigenvalue weighted by atomic mass is 79.9. The molecule has 0 spiro atoms. The van der Waals surface area contributed by atoms with Gasteiger partial charge in [-0.15, -0.1) is 6.58 Å². The number of aliphatic hydroxyl groups is 2. The van der Waals surface area contributed by atoms with Crippen LogP contribution < -0.4 is 5.32 Å². The van der Waals surface area contributed by atoms with Crippen LogP contribution in [0.5, 0.6) is 11.5 Å². The van der Waals surface area contributed by atoms with Crippen molar-refractivity contribution in [3.63, 3.8) is 0 Å². The molecule has 0 unspecified atom stereocenters. The van der Waals surface area contributed by atoms with Gasteiger partial charge >= 0.3 is 25.0 Å². The van der Waals surface area contributed by atoms with E-state index >= 15 is 0 Å². The summed E-state index contributed by atoms with van der Waals surface area (Å²) >= 11 is 3.06. The predicted molar refractivity (Wildman–Crippen MR) is 307 cm³/mol. The number of carbonyl (C=O) groups is 5. The Hall–Kier alpha value is -7.57. The molecule has 3 aliphatic heterocycles. The number of aromatic hydroxyl groups is 2. The zero-order chi connectivity index (χ0) is 62.0. The van der Waals surface area contributed by atoms with Gasteiger partial charge in [-0.2, -0.15) is 0 Å². The summed E-state index contributed by atoms with van der Waals surface area (Å²) in [5.41, 5.74) is 1.77. The number of aliphatic hydroxyl groups excluding tert-OH is 2. The van der Waals surface area contributed by atoms with Crippen molar-refractivity contribution in [2.45, 2.75) is 89.5 Å². The molecule has 83 heavy (non-hydrogen) atoms. The van der Waals surface area contributed by atoms with Crippen LogP contribution in [0.2, 0.25) is 0 Å². The maximum Gasteiger partial charge on any atom is 0.486 e. The number of likely N-dealkylation sites (tertiary alicyclic amines) is 1. The molecule has 4 aromatic heterocycles. The minimum atomic E-state index is -1.06. The lowest BCUT2D eigenvalue weighted by molar-refractivity contribution is 0.00578. The Bertz CT molecular complexity index is 2800. The van der Waals surface area contributed by atoms with Gasteiger partial charge in [-0.25, -0.2) is 39.3 Å². The molecular weight excluding hydrogens is 1150 g/mol. The normalized spacial score (nSPS) is 15.7. The van der Waals surface area contributed by atoms with E-state index in [9.17, 15) is 29.1 Å². The maximum atomic E-state index is 12.5. The first-order valence-corrected chi connectivity index (χ1v) is 26.5. The molecule has 1 aromatic carbocycles. The summed E-state index contributed by atoms with van der Waals surface area (Å²) in [7, 11) is 5.50. The second-order valence-electron chi connectivity index (χ2n) is 18.3. The number of nitrogens with one attached hydrogen (secondary N) is 1. The van der Waals surface area contributed by atoms with Crippen LogP contribution in [-0.4, -0.2) is 199 Å². The Morgan fingerprint density at radius 2 is 1.22 bits per heavy atom. The number of phenolic OH excluding ortho intramolecular Hbond substituents is 2. The Morgan fingerprint density at radius 1 is 0.723 bits per heavy atom. The second kappa shape index (κ2) is 38.3. The topological polar surface area (TPSA) is 360 Å². The quantitative estimate of drug-likeness (QED) is 0.0456. The van der Waals surface area contributed by atoms with Crippen LogP contribution in [0.15, 0.2) is 91.5 Å². The summed E-state index contributed by atoms with van der Waals surface area (Å²) < 4.78 is 30.3. The summed E-state index contributed by atoms with van der Waals surface area (Å²) in [6.45, 7) is 18.2. The van der Waals surface area contributed by atoms with Gasteiger partial charge in [0.05, 0.1) is 80.5 Å². The average molecular weight is 1220 g/mol. The molecule has 0 saturated carbocycles. The molecule has 2 atom stereocenters. The molecule has 7 heterocycles. The van der Waals surface area contributed by atoms with Gasteiger partial charge in [-0.1, -0.05) is 18.6 Å². The number of nitrogens with zero attached hydrogens (tertiary/aromatic N) is 9. The Labute approximate surface area is 491 Å². The third kappa shape index (κ3) is 23.7. The summed E-state index contributed by atoms with van der Waals surface area (Å²) in [5.74, 6) is -0.917. The highest BCUT2D eigenvalue weighted by molar-refractivity contribution is 9.10. The number of aromatic carboxylic acids is 1. The number of hydrogen-bond donors (Lipinski definition) is 6. The number of aldehydes is 1. The molecule has 6 N–H and O–H groups in total. The SMILES string of the molecule is C=CB1OC(C)(C)C(C)(C)O1.C=Cc1nccnc1C(=O)OC.COC(=O)c1nccnc1Br.COCCc1nccnc1C(=O)N1CCC[C@H]1CO.COCCc1nccnc1C(=O)O.O=Cc1c(O)cccc1O.OC[C@@H]1CCCN1. The molecule has 3 aliphatic rings. The maximum absolute atomic E-state index is 12.5. The van der Waals surface area contributed by atoms with Crippen LogP contribution in [0.3, 0.4) is 0 Å². The molecule has 5 aromatic rings. The Balaban J connectivity index is 0.000000337. The molecule has 450 valence electrons. The van der Waals surface area contributed by atoms with Gasteiger partial charge in [-0.05, 0) is 94.1 Å². The van der Waals surface area contributed by atoms with Gasteiger partial charge in [0.1, 0.15) is 21.8 Å². The van der Waals surface area contributed by atoms with Crippen LogP contribution in [0.1, 0.15) is 123 Å². The van der Waals surface area contributed by atoms with Gasteiger partial charge < -0.3 is 64.0 Å². The van der Waals surface area contributed by atoms with Crippen molar-refractivity contribution < 1.29 is 77.8 Å². The number of benzene rings is 1. The summed E-state index contributed by atoms with van der Waals surface area (Å²) in [5, 5.41) is 47.5. The van der Waals surface area contributed by atoms with Crippen molar-refractivity contribution in [1.29, 1.82) is 0 Å². The summed E-state index contributed by atoms with van der Waals surface area (Å²) in [6, 6.07) is 4.44. The third-order valence-electron chi connectivity index (χ3n) is 12.2. The number of hydrogen-bond acceptors (Lipinski definition) is 24. The van der Waals surface area contributed by atoms with Gasteiger partial charge in [0.2, 0.25) is 0 Å². The van der Waals surface area contributed by atoms with E-state index in [1.54, 1.807) is 31.3 Å². The number of carboxylic acids is 1. The first-order chi connectivity index (χ1) is 39.6. The van der Waals surface area contributed by atoms with E-state index < -0.39 is 17.9 Å². The number of aromatic nitrogens is 8. The molecule has 0 aliphatic carbocycles. The number of methoxy groups -OCH3 is 4. The fourth-order valence-corrected chi connectivity index (χ4v) is 7.53. The zero-order valence-electron chi connectivity index (χ0n) is 47.8. The largest absolute Gasteiger partial charge is 0.507 e. The van der Waals surface area contributed by atoms with Crippen molar-refractivity contribution in [2.24, 2.45) is 0 Å². The Kier molecular flexibility index (Phi) is 33.0. The monoisotopic (exact) mass is 1220 g/mol. The standard InChI is InChI=1S/C13H19N3O3.C8H15BO2.C8H10N2O3.C8H8N2O2.C7H6O3.C6H5BrN2O2.C5H11NO/c1-19-8-4-11-12(15-6-5-14-11)13(18)16-7-2-3-10(16)9-17;1-6-9-10-7(2,3)8(4,5)11-9;1-13-5-2-6-7(8(11)12)10-4-3-9-6;1-3-6-7(8(11)12-2)10-5-4-9-6;8-4-5-6(9)2-1-3-7(5)10;1-11-6(10)4-5(7)9-3-2-8-4;7-4-5-2-1-3-6-5/h5-6,10,17H,2-4,7-9H2,1H3;6H,1H2,2-5H3;3-4H,2,5H2,1H3,(H,11,12);3-5H,1H2,2H3;1-4,9-10H;2-3H,1H3;5-7H,1-4H2/t10-;;;;;;5-/m0.....0/s1. The average Bonchev–Trinajstić information content (AvgIpc) is 4.47. The van der Waals surface area contributed by atoms with Crippen molar-refractivity contribution in [3.05, 3.63) is 137 Å². The van der Waals surface area contributed by atoms with Crippen molar-refractivity contribution in [1.82, 2.24) is 50.1 Å². The molecule has 26 nitrogen and oxygen atoms in total. The zero-order valence-corrected chi connectivity index (χ0v) is 49.4. The van der Waals surface area contributed by atoms with Crippen LogP contribution >= 0.6 is 15.9 Å². The predicted octanol–water partition coefficient (Wildman–Crippen LogP) is 5.00. The second-order valence-corrected chi connectivity index (χ2v) is 19.1. The van der Waals surface area contributed by atoms with Crippen molar-refractivity contribution >= 4 is 59.2 Å². The minimum absolute atomic E-state index is 0.000417. The van der Waals surface area contributed by atoms with E-state index in [4.69, 9.17) is 39.2 Å². The molecule has 28 heteroatoms. The molecule has 8 rings (SSSR count). The Morgan fingerprint density at radius 3 is 1.64 bits per heavy atom. The van der Waals surface area contributed by atoms with E-state index in [2.05, 4.69) is 83.8 Å². The summed E-state index contributed by atoms with van der Waals surface area (Å²) in [4.78, 5) is 88.1. The number of amides is 1. The lowest BCUT2D eigenvalue weighted by Gasteiger charge is -2.32. The van der Waals surface area contributed by atoms with Gasteiger partial charge in [0, 0.05) is 89.2 Å². The van der Waals surface area contributed by atoms with E-state index in [0.29, 0.717) is 78.9 Å². The highest BCUT2D eigenvalue weighted by Gasteiger charge is 2.49. The van der Waals surface area contributed by atoms with E-state index in [-0.39, 0.29) is 71.0 Å². The molecule has 0 radical (unpaired) electrons. The lowest BCUT2D eigenvalue weighted by atomic mass is 9.90. The number of carboxylic acid groups (broad SMARTS) is 1. The number of rotatable bonds is 15. The molecule has 0 bridgehead atoms. The van der Waals surface area contributed by atoms with Crippen molar-refractivity contribution in [2.75, 3.05) is 68.0 Å². The number of halogens is 1. The van der Waals surface area contributed by atoms with Crippen LogP contribution in [-0.2, 0) is 41.1 Å². The smallest absolute Gasteiger partial charge is 0.486 e. The van der Waals surface area contributed by atoms with Gasteiger partial charge in [0.15, 0.2) is 23.4 Å². The fraction of sp³-hybridized carbons (Fsp3) is 0.436. The molecule has 3 saturated heterocycles. The third-order valence-corrected chi connectivity index (χ3v) is 12.8. The van der Waals surface area contributed by atoms with Crippen LogP contribution in [0, 0.1) is 0 Å². The molecule has 1 amide bonds. The van der Waals surface area contributed by atoms with Crippen LogP contribution in [0.4, 0.5) is 0 Å². The van der Waals surface area contributed by atoms with Gasteiger partial charge in [0.25, 0.3) is 5.91 Å². The van der Waals surface area contributed by atoms with E-state index in [0.717, 1.165) is 25.8 Å². The number of carbonyl (C=O) groups excluding carboxylic acids is 4. The molecular formula is C55H74BBrN10O16. The van der Waals surface area contributed by atoms with Crippen molar-refractivity contribution in [3.8, 4) is 11.5 Å². The van der Waals surface area contributed by atoms with E-state index in [1.165, 1.54) is 88.3 Å². The summed E-state index contributed by atoms with van der Waals surface area (Å²) in [6.07, 6.45) is 18.8. The number of phenols is 2. The van der Waals surface area contributed by atoms with E-state index in [1.807, 2.05) is 27.7 Å². The first-order valence-electron chi connectivity index (χ1n) is 25.7. The first kappa shape index (κ1) is 71.5. The molecule has 3 fully saturated rings. The van der Waals surface area contributed by atoms with Gasteiger partial charge in [-0.3, -0.25) is 24.5 Å². The van der Waals surface area contributed by atoms with Crippen LogP contribution in [0.25, 0.3) is 6.08 Å². The minimum Gasteiger partial charge on any atom is -0.507 e. The fourth-order valence-electron chi connectivity index (χ4n) is 7.15. The highest BCUT2D eigenvalue weighted by Crippen LogP contribution is 2.36. The lowest BCUT2D eigenvalue weighted by Crippen LogP contribution is -2.41. The number of esters is 2.